The largest absolute Gasteiger partial charge is 0.481 e. The fourth-order valence-electron chi connectivity index (χ4n) is 8.37. The van der Waals surface area contributed by atoms with E-state index in [2.05, 4.69) is 10.2 Å². The van der Waals surface area contributed by atoms with Crippen LogP contribution in [0.3, 0.4) is 0 Å². The Kier molecular flexibility index (Phi) is 10.5. The Labute approximate surface area is 296 Å². The van der Waals surface area contributed by atoms with Crippen molar-refractivity contribution < 1.29 is 32.3 Å². The highest BCUT2D eigenvalue weighted by atomic mass is 19.4. The second-order valence-electron chi connectivity index (χ2n) is 15.2. The molecular weight excluding hydrogens is 662 g/mol. The third kappa shape index (κ3) is 8.08. The number of rotatable bonds is 11. The summed E-state index contributed by atoms with van der Waals surface area (Å²) in [5.74, 6) is -2.67. The number of carbonyl (C=O) groups is 2. The van der Waals surface area contributed by atoms with Gasteiger partial charge in [-0.1, -0.05) is 19.9 Å². The standard InChI is InChI=1S/C40H47F4N3O4/c1-22(2)14-35(47-21-32(33(19-36(47)48)40(42,43)44)25-10-12-46(13-11-25)29-8-9-29)39(51)45-34(20-37(49)50)27-17-26-6-5-7-30(26)31(18-27)38-23(3)15-28(41)16-24(38)4/h15-19,21-22,25,29,34-35H,5-14,20H2,1-4H3,(H,45,51)(H,49,50). The fourth-order valence-corrected chi connectivity index (χ4v) is 8.37. The maximum Gasteiger partial charge on any atom is 0.416 e. The molecule has 1 amide bonds. The number of aliphatic carboxylic acids is 1. The SMILES string of the molecule is Cc1cc(F)cc(C)c1-c1cc(C(CC(=O)O)NC(=O)C(CC(C)C)n2cc(C3CCN(C4CC4)CC3)c(C(F)(F)F)cc2=O)cc2c1CCC2. The predicted molar refractivity (Wildman–Crippen MR) is 187 cm³/mol. The number of aryl methyl sites for hydroxylation is 3. The molecule has 2 heterocycles. The summed E-state index contributed by atoms with van der Waals surface area (Å²) >= 11 is 0. The van der Waals surface area contributed by atoms with Crippen LogP contribution in [-0.2, 0) is 28.6 Å². The van der Waals surface area contributed by atoms with Crippen LogP contribution in [0.15, 0.2) is 41.3 Å². The van der Waals surface area contributed by atoms with Gasteiger partial charge in [-0.25, -0.2) is 4.39 Å². The molecule has 2 N–H and O–H groups in total. The van der Waals surface area contributed by atoms with Gasteiger partial charge >= 0.3 is 12.1 Å². The normalized spacial score (nSPS) is 18.1. The van der Waals surface area contributed by atoms with Crippen LogP contribution in [0.4, 0.5) is 17.6 Å². The average Bonchev–Trinajstić information content (AvgIpc) is 3.78. The predicted octanol–water partition coefficient (Wildman–Crippen LogP) is 8.04. The van der Waals surface area contributed by atoms with E-state index in [9.17, 15) is 37.1 Å². The summed E-state index contributed by atoms with van der Waals surface area (Å²) in [6.45, 7) is 8.74. The molecule has 2 aliphatic carbocycles. The topological polar surface area (TPSA) is 91.6 Å². The molecule has 0 bridgehead atoms. The van der Waals surface area contributed by atoms with Gasteiger partial charge in [-0.15, -0.1) is 0 Å². The number of benzene rings is 2. The highest BCUT2D eigenvalue weighted by Crippen LogP contribution is 2.42. The number of hydrogen-bond acceptors (Lipinski definition) is 4. The summed E-state index contributed by atoms with van der Waals surface area (Å²) in [6.07, 6.45) is 1.94. The highest BCUT2D eigenvalue weighted by molar-refractivity contribution is 5.82. The minimum atomic E-state index is -4.74. The molecule has 2 aromatic carbocycles. The lowest BCUT2D eigenvalue weighted by Gasteiger charge is -2.34. The number of aromatic nitrogens is 1. The molecule has 3 aromatic rings. The number of halogens is 4. The number of hydrogen-bond donors (Lipinski definition) is 2. The van der Waals surface area contributed by atoms with Crippen LogP contribution in [0.5, 0.6) is 0 Å². The Bertz CT molecular complexity index is 1850. The summed E-state index contributed by atoms with van der Waals surface area (Å²) in [4.78, 5) is 42.3. The minimum absolute atomic E-state index is 0.0227. The van der Waals surface area contributed by atoms with Gasteiger partial charge in [-0.05, 0) is 153 Å². The zero-order valence-electron chi connectivity index (χ0n) is 29.7. The van der Waals surface area contributed by atoms with Crippen LogP contribution >= 0.6 is 0 Å². The molecule has 1 saturated carbocycles. The van der Waals surface area contributed by atoms with E-state index in [0.717, 1.165) is 70.1 Å². The molecule has 7 nitrogen and oxygen atoms in total. The lowest BCUT2D eigenvalue weighted by molar-refractivity contribution is -0.139. The van der Waals surface area contributed by atoms with Crippen molar-refractivity contribution in [1.29, 1.82) is 0 Å². The number of likely N-dealkylation sites (tertiary alicyclic amines) is 1. The van der Waals surface area contributed by atoms with E-state index in [-0.39, 0.29) is 23.7 Å². The Balaban J connectivity index is 1.38. The van der Waals surface area contributed by atoms with Crippen LogP contribution in [0.1, 0.15) is 116 Å². The maximum absolute atomic E-state index is 14.4. The minimum Gasteiger partial charge on any atom is -0.481 e. The molecule has 3 aliphatic rings. The summed E-state index contributed by atoms with van der Waals surface area (Å²) in [7, 11) is 0. The van der Waals surface area contributed by atoms with Crippen molar-refractivity contribution in [2.75, 3.05) is 13.1 Å². The van der Waals surface area contributed by atoms with E-state index in [1.807, 2.05) is 39.8 Å². The molecule has 1 aliphatic heterocycles. The van der Waals surface area contributed by atoms with Gasteiger partial charge in [-0.2, -0.15) is 13.2 Å². The van der Waals surface area contributed by atoms with E-state index in [4.69, 9.17) is 0 Å². The smallest absolute Gasteiger partial charge is 0.416 e. The monoisotopic (exact) mass is 709 g/mol. The van der Waals surface area contributed by atoms with Gasteiger partial charge in [0.2, 0.25) is 5.91 Å². The second-order valence-corrected chi connectivity index (χ2v) is 15.2. The molecule has 1 saturated heterocycles. The third-order valence-electron chi connectivity index (χ3n) is 10.9. The molecule has 2 fully saturated rings. The number of alkyl halides is 3. The Morgan fingerprint density at radius 3 is 2.24 bits per heavy atom. The zero-order valence-corrected chi connectivity index (χ0v) is 29.7. The van der Waals surface area contributed by atoms with Gasteiger partial charge < -0.3 is 19.9 Å². The van der Waals surface area contributed by atoms with E-state index in [1.54, 1.807) is 0 Å². The summed E-state index contributed by atoms with van der Waals surface area (Å²) in [5.41, 5.74) is 4.06. The molecule has 274 valence electrons. The molecule has 2 unspecified atom stereocenters. The van der Waals surface area contributed by atoms with Gasteiger partial charge in [0.25, 0.3) is 5.56 Å². The quantitative estimate of drug-likeness (QED) is 0.197. The fraction of sp³-hybridized carbons (Fsp3) is 0.525. The van der Waals surface area contributed by atoms with Crippen molar-refractivity contribution in [2.45, 2.75) is 116 Å². The summed E-state index contributed by atoms with van der Waals surface area (Å²) < 4.78 is 58.6. The van der Waals surface area contributed by atoms with Crippen molar-refractivity contribution in [3.63, 3.8) is 0 Å². The van der Waals surface area contributed by atoms with Gasteiger partial charge in [0.1, 0.15) is 11.9 Å². The van der Waals surface area contributed by atoms with Crippen LogP contribution < -0.4 is 10.9 Å². The third-order valence-corrected chi connectivity index (χ3v) is 10.9. The van der Waals surface area contributed by atoms with Crippen LogP contribution in [0.25, 0.3) is 11.1 Å². The Hall–Kier alpha value is -3.99. The molecule has 51 heavy (non-hydrogen) atoms. The van der Waals surface area contributed by atoms with E-state index in [0.29, 0.717) is 43.6 Å². The van der Waals surface area contributed by atoms with Crippen molar-refractivity contribution in [2.24, 2.45) is 5.92 Å². The first-order chi connectivity index (χ1) is 24.1. The number of nitrogens with zero attached hydrogens (tertiary/aromatic N) is 2. The molecule has 6 rings (SSSR count). The second kappa shape index (κ2) is 14.6. The Morgan fingerprint density at radius 1 is 0.980 bits per heavy atom. The van der Waals surface area contributed by atoms with E-state index >= 15 is 0 Å². The first-order valence-corrected chi connectivity index (χ1v) is 18.1. The maximum atomic E-state index is 14.4. The van der Waals surface area contributed by atoms with Gasteiger partial charge in [0.05, 0.1) is 18.0 Å². The molecule has 2 atom stereocenters. The number of carbonyl (C=O) groups excluding carboxylic acids is 1. The van der Waals surface area contributed by atoms with Gasteiger partial charge in [0.15, 0.2) is 0 Å². The van der Waals surface area contributed by atoms with E-state index < -0.39 is 53.6 Å². The Morgan fingerprint density at radius 2 is 1.65 bits per heavy atom. The number of piperidine rings is 1. The number of pyridine rings is 1. The van der Waals surface area contributed by atoms with Crippen molar-refractivity contribution in [3.8, 4) is 11.1 Å². The van der Waals surface area contributed by atoms with Crippen LogP contribution in [0.2, 0.25) is 0 Å². The van der Waals surface area contributed by atoms with Gasteiger partial charge in [-0.3, -0.25) is 14.4 Å². The number of carboxylic acid groups (broad SMARTS) is 1. The van der Waals surface area contributed by atoms with Crippen LogP contribution in [-0.4, -0.2) is 45.6 Å². The van der Waals surface area contributed by atoms with Crippen molar-refractivity contribution in [3.05, 3.63) is 91.6 Å². The summed E-state index contributed by atoms with van der Waals surface area (Å²) in [5, 5.41) is 12.9. The number of amides is 1. The van der Waals surface area contributed by atoms with Crippen molar-refractivity contribution in [1.82, 2.24) is 14.8 Å². The first-order valence-electron chi connectivity index (χ1n) is 18.1. The van der Waals surface area contributed by atoms with Crippen LogP contribution in [0, 0.1) is 25.6 Å². The molecule has 11 heteroatoms. The lowest BCUT2D eigenvalue weighted by atomic mass is 9.86. The molecule has 0 spiro atoms. The van der Waals surface area contributed by atoms with Crippen molar-refractivity contribution >= 4 is 11.9 Å². The lowest BCUT2D eigenvalue weighted by Crippen LogP contribution is -2.41. The van der Waals surface area contributed by atoms with Gasteiger partial charge in [0, 0.05) is 18.3 Å². The number of fused-ring (bicyclic) bond motifs is 1. The molecule has 1 aromatic heterocycles. The number of carboxylic acids is 1. The molecule has 0 radical (unpaired) electrons. The highest BCUT2D eigenvalue weighted by Gasteiger charge is 2.40. The van der Waals surface area contributed by atoms with E-state index in [1.165, 1.54) is 18.3 Å². The first kappa shape index (κ1) is 36.8. The molecular formula is C40H47F4N3O4. The summed E-state index contributed by atoms with van der Waals surface area (Å²) in [6, 6.07) is 5.69. The zero-order chi connectivity index (χ0) is 36.8. The average molecular weight is 710 g/mol. The number of nitrogens with one attached hydrogen (secondary N) is 1.